The van der Waals surface area contributed by atoms with E-state index in [0.717, 1.165) is 44.9 Å². The summed E-state index contributed by atoms with van der Waals surface area (Å²) in [6, 6.07) is 8.13. The molecule has 0 spiro atoms. The smallest absolute Gasteiger partial charge is 0.236 e. The molecule has 0 atom stereocenters. The molecule has 1 aromatic rings. The van der Waals surface area contributed by atoms with Crippen LogP contribution in [0.15, 0.2) is 24.3 Å². The molecule has 20 heavy (non-hydrogen) atoms. The van der Waals surface area contributed by atoms with E-state index in [-0.39, 0.29) is 12.5 Å². The van der Waals surface area contributed by atoms with Crippen molar-refractivity contribution in [3.8, 4) is 5.75 Å². The number of rotatable bonds is 4. The Balaban J connectivity index is 1.92. The molecule has 1 aliphatic heterocycles. The van der Waals surface area contributed by atoms with Crippen LogP contribution in [0.4, 0.5) is 0 Å². The van der Waals surface area contributed by atoms with Gasteiger partial charge in [0.2, 0.25) is 5.91 Å². The largest absolute Gasteiger partial charge is 0.497 e. The predicted molar refractivity (Wildman–Crippen MR) is 78.5 cm³/mol. The maximum absolute atomic E-state index is 11.6. The van der Waals surface area contributed by atoms with Crippen LogP contribution in [0.3, 0.4) is 0 Å². The highest BCUT2D eigenvalue weighted by molar-refractivity contribution is 5.78. The van der Waals surface area contributed by atoms with Gasteiger partial charge in [-0.1, -0.05) is 12.1 Å². The van der Waals surface area contributed by atoms with Crippen molar-refractivity contribution in [1.29, 1.82) is 0 Å². The van der Waals surface area contributed by atoms with Gasteiger partial charge in [-0.25, -0.2) is 0 Å². The number of amides is 1. The Kier molecular flexibility index (Phi) is 5.38. The Morgan fingerprint density at radius 3 is 2.90 bits per heavy atom. The molecule has 0 bridgehead atoms. The van der Waals surface area contributed by atoms with Crippen LogP contribution in [0, 0.1) is 0 Å². The number of methoxy groups -OCH3 is 1. The summed E-state index contributed by atoms with van der Waals surface area (Å²) in [4.78, 5) is 15.9. The zero-order valence-corrected chi connectivity index (χ0v) is 12.0. The van der Waals surface area contributed by atoms with E-state index in [4.69, 9.17) is 10.5 Å². The zero-order valence-electron chi connectivity index (χ0n) is 12.0. The molecule has 0 radical (unpaired) electrons. The van der Waals surface area contributed by atoms with E-state index in [0.29, 0.717) is 0 Å². The lowest BCUT2D eigenvalue weighted by Gasteiger charge is -2.21. The zero-order chi connectivity index (χ0) is 14.4. The summed E-state index contributed by atoms with van der Waals surface area (Å²) in [5.41, 5.74) is 6.66. The van der Waals surface area contributed by atoms with Crippen molar-refractivity contribution in [1.82, 2.24) is 9.80 Å². The van der Waals surface area contributed by atoms with Gasteiger partial charge >= 0.3 is 0 Å². The second kappa shape index (κ2) is 7.26. The summed E-state index contributed by atoms with van der Waals surface area (Å²) in [5.74, 6) is 0.936. The molecule has 2 rings (SSSR count). The fourth-order valence-electron chi connectivity index (χ4n) is 2.54. The van der Waals surface area contributed by atoms with Crippen LogP contribution < -0.4 is 10.5 Å². The quantitative estimate of drug-likeness (QED) is 0.879. The second-order valence-electron chi connectivity index (χ2n) is 5.07. The highest BCUT2D eigenvalue weighted by atomic mass is 16.5. The van der Waals surface area contributed by atoms with E-state index in [2.05, 4.69) is 17.0 Å². The van der Waals surface area contributed by atoms with Crippen LogP contribution in [-0.4, -0.2) is 55.5 Å². The lowest BCUT2D eigenvalue weighted by Crippen LogP contribution is -2.38. The summed E-state index contributed by atoms with van der Waals surface area (Å²) in [6.07, 6.45) is 0.996. The fraction of sp³-hybridized carbons (Fsp3) is 0.533. The number of hydrogen-bond donors (Lipinski definition) is 1. The first kappa shape index (κ1) is 14.8. The Hall–Kier alpha value is -1.59. The predicted octanol–water partition coefficient (Wildman–Crippen LogP) is 0.688. The van der Waals surface area contributed by atoms with E-state index < -0.39 is 0 Å². The maximum Gasteiger partial charge on any atom is 0.236 e. The van der Waals surface area contributed by atoms with Crippen LogP contribution in [0.5, 0.6) is 5.75 Å². The number of carbonyl (C=O) groups excluding carboxylic acids is 1. The number of hydrogen-bond acceptors (Lipinski definition) is 4. The minimum absolute atomic E-state index is 0.0493. The molecule has 0 saturated carbocycles. The highest BCUT2D eigenvalue weighted by Crippen LogP contribution is 2.15. The molecule has 5 heteroatoms. The minimum atomic E-state index is 0.0493. The molecular weight excluding hydrogens is 254 g/mol. The highest BCUT2D eigenvalue weighted by Gasteiger charge is 2.18. The fourth-order valence-corrected chi connectivity index (χ4v) is 2.54. The Bertz CT molecular complexity index is 450. The van der Waals surface area contributed by atoms with Crippen LogP contribution in [0.2, 0.25) is 0 Å². The van der Waals surface area contributed by atoms with Crippen molar-refractivity contribution in [3.05, 3.63) is 29.8 Å². The van der Waals surface area contributed by atoms with Crippen LogP contribution >= 0.6 is 0 Å². The van der Waals surface area contributed by atoms with Gasteiger partial charge in [0, 0.05) is 32.7 Å². The van der Waals surface area contributed by atoms with Gasteiger partial charge < -0.3 is 15.4 Å². The van der Waals surface area contributed by atoms with Gasteiger partial charge in [-0.2, -0.15) is 0 Å². The maximum atomic E-state index is 11.6. The number of carbonyl (C=O) groups is 1. The number of benzene rings is 1. The first-order chi connectivity index (χ1) is 9.72. The summed E-state index contributed by atoms with van der Waals surface area (Å²) >= 11 is 0. The van der Waals surface area contributed by atoms with Crippen LogP contribution in [0.1, 0.15) is 12.0 Å². The SMILES string of the molecule is COc1cccc(CN2CCCN(C(=O)CN)CC2)c1. The van der Waals surface area contributed by atoms with Crippen molar-refractivity contribution >= 4 is 5.91 Å². The average molecular weight is 277 g/mol. The van der Waals surface area contributed by atoms with Crippen molar-refractivity contribution in [2.24, 2.45) is 5.73 Å². The van der Waals surface area contributed by atoms with Crippen molar-refractivity contribution in [2.75, 3.05) is 39.8 Å². The third kappa shape index (κ3) is 3.95. The van der Waals surface area contributed by atoms with Crippen molar-refractivity contribution in [3.63, 3.8) is 0 Å². The summed E-state index contributed by atoms with van der Waals surface area (Å²) < 4.78 is 5.25. The lowest BCUT2D eigenvalue weighted by atomic mass is 10.2. The molecule has 1 saturated heterocycles. The molecule has 1 heterocycles. The second-order valence-corrected chi connectivity index (χ2v) is 5.07. The molecule has 0 unspecified atom stereocenters. The van der Waals surface area contributed by atoms with Gasteiger partial charge in [0.05, 0.1) is 13.7 Å². The molecule has 1 amide bonds. The molecule has 1 aromatic carbocycles. The third-order valence-electron chi connectivity index (χ3n) is 3.66. The van der Waals surface area contributed by atoms with E-state index in [1.54, 1.807) is 7.11 Å². The Morgan fingerprint density at radius 2 is 2.15 bits per heavy atom. The van der Waals surface area contributed by atoms with E-state index in [1.807, 2.05) is 17.0 Å². The van der Waals surface area contributed by atoms with Gasteiger partial charge in [0.1, 0.15) is 5.75 Å². The summed E-state index contributed by atoms with van der Waals surface area (Å²) in [6.45, 7) is 4.47. The topological polar surface area (TPSA) is 58.8 Å². The monoisotopic (exact) mass is 277 g/mol. The molecule has 2 N–H and O–H groups in total. The van der Waals surface area contributed by atoms with Crippen molar-refractivity contribution in [2.45, 2.75) is 13.0 Å². The number of nitrogens with zero attached hydrogens (tertiary/aromatic N) is 2. The van der Waals surface area contributed by atoms with Gasteiger partial charge in [-0.3, -0.25) is 9.69 Å². The molecular formula is C15H23N3O2. The Morgan fingerprint density at radius 1 is 1.30 bits per heavy atom. The molecule has 1 aliphatic rings. The lowest BCUT2D eigenvalue weighted by molar-refractivity contribution is -0.129. The first-order valence-electron chi connectivity index (χ1n) is 7.06. The normalized spacial score (nSPS) is 16.8. The summed E-state index contributed by atoms with van der Waals surface area (Å²) in [7, 11) is 1.68. The van der Waals surface area contributed by atoms with E-state index >= 15 is 0 Å². The Labute approximate surface area is 120 Å². The standard InChI is InChI=1S/C15H23N3O2/c1-20-14-5-2-4-13(10-14)12-17-6-3-7-18(9-8-17)15(19)11-16/h2,4-5,10H,3,6-9,11-12,16H2,1H3. The first-order valence-corrected chi connectivity index (χ1v) is 7.06. The van der Waals surface area contributed by atoms with Gasteiger partial charge in [0.15, 0.2) is 0 Å². The molecule has 110 valence electrons. The van der Waals surface area contributed by atoms with Crippen LogP contribution in [-0.2, 0) is 11.3 Å². The molecule has 1 fully saturated rings. The number of ether oxygens (including phenoxy) is 1. The van der Waals surface area contributed by atoms with Gasteiger partial charge in [-0.15, -0.1) is 0 Å². The minimum Gasteiger partial charge on any atom is -0.497 e. The van der Waals surface area contributed by atoms with Crippen molar-refractivity contribution < 1.29 is 9.53 Å². The van der Waals surface area contributed by atoms with Crippen LogP contribution in [0.25, 0.3) is 0 Å². The molecule has 0 aliphatic carbocycles. The molecule has 5 nitrogen and oxygen atoms in total. The molecule has 0 aromatic heterocycles. The average Bonchev–Trinajstić information content (AvgIpc) is 2.72. The van der Waals surface area contributed by atoms with Gasteiger partial charge in [0.25, 0.3) is 0 Å². The number of nitrogens with two attached hydrogens (primary N) is 1. The van der Waals surface area contributed by atoms with E-state index in [9.17, 15) is 4.79 Å². The summed E-state index contributed by atoms with van der Waals surface area (Å²) in [5, 5.41) is 0. The van der Waals surface area contributed by atoms with Gasteiger partial charge in [-0.05, 0) is 24.1 Å². The third-order valence-corrected chi connectivity index (χ3v) is 3.66. The van der Waals surface area contributed by atoms with E-state index in [1.165, 1.54) is 5.56 Å².